The van der Waals surface area contributed by atoms with Crippen LogP contribution in [0.4, 0.5) is 0 Å². The average Bonchev–Trinajstić information content (AvgIpc) is 3.42. The number of rotatable bonds is 4. The Bertz CT molecular complexity index is 1180. The zero-order valence-corrected chi connectivity index (χ0v) is 16.6. The molecule has 0 aliphatic carbocycles. The van der Waals surface area contributed by atoms with Crippen LogP contribution >= 0.6 is 0 Å². The topological polar surface area (TPSA) is 77.0 Å². The molecular formula is C23H21N5O2. The molecule has 4 aromatic rings. The van der Waals surface area contributed by atoms with Crippen LogP contribution in [0.1, 0.15) is 44.7 Å². The minimum atomic E-state index is -0.144. The number of pyridine rings is 1. The Kier molecular flexibility index (Phi) is 4.63. The van der Waals surface area contributed by atoms with Gasteiger partial charge in [0, 0.05) is 37.9 Å². The zero-order valence-electron chi connectivity index (χ0n) is 16.6. The number of hydrogen-bond donors (Lipinski definition) is 0. The normalized spacial score (nSPS) is 15.8. The van der Waals surface area contributed by atoms with Gasteiger partial charge in [0.2, 0.25) is 5.76 Å². The Hall–Kier alpha value is -3.74. The molecule has 0 fully saturated rings. The van der Waals surface area contributed by atoms with Gasteiger partial charge in [0.15, 0.2) is 6.39 Å². The Balaban J connectivity index is 1.51. The summed E-state index contributed by atoms with van der Waals surface area (Å²) in [5.74, 6) is 1.05. The van der Waals surface area contributed by atoms with Gasteiger partial charge in [-0.25, -0.2) is 9.97 Å². The fourth-order valence-corrected chi connectivity index (χ4v) is 4.09. The summed E-state index contributed by atoms with van der Waals surface area (Å²) in [5.41, 5.74) is 4.03. The molecule has 1 aliphatic heterocycles. The third kappa shape index (κ3) is 3.28. The highest BCUT2D eigenvalue weighted by Crippen LogP contribution is 2.33. The fourth-order valence-electron chi connectivity index (χ4n) is 4.09. The highest BCUT2D eigenvalue weighted by atomic mass is 16.3. The minimum Gasteiger partial charge on any atom is -0.438 e. The van der Waals surface area contributed by atoms with Crippen LogP contribution in [-0.2, 0) is 13.1 Å². The van der Waals surface area contributed by atoms with E-state index in [9.17, 15) is 4.79 Å². The molecule has 1 atom stereocenters. The first kappa shape index (κ1) is 18.3. The van der Waals surface area contributed by atoms with E-state index in [1.807, 2.05) is 47.8 Å². The van der Waals surface area contributed by atoms with E-state index in [-0.39, 0.29) is 11.8 Å². The monoisotopic (exact) mass is 399 g/mol. The van der Waals surface area contributed by atoms with Crippen molar-refractivity contribution in [2.75, 3.05) is 6.54 Å². The first-order chi connectivity index (χ1) is 14.7. The van der Waals surface area contributed by atoms with Gasteiger partial charge in [0.1, 0.15) is 5.82 Å². The van der Waals surface area contributed by atoms with E-state index in [1.165, 1.54) is 12.0 Å². The van der Waals surface area contributed by atoms with Crippen LogP contribution in [0.5, 0.6) is 0 Å². The largest absolute Gasteiger partial charge is 0.438 e. The molecule has 0 saturated carbocycles. The second-order valence-corrected chi connectivity index (χ2v) is 7.48. The second-order valence-electron chi connectivity index (χ2n) is 7.48. The number of hydrogen-bond acceptors (Lipinski definition) is 5. The van der Waals surface area contributed by atoms with Crippen LogP contribution in [0.2, 0.25) is 0 Å². The molecule has 30 heavy (non-hydrogen) atoms. The summed E-state index contributed by atoms with van der Waals surface area (Å²) in [5, 5.41) is 0. The predicted octanol–water partition coefficient (Wildman–Crippen LogP) is 3.41. The van der Waals surface area contributed by atoms with Gasteiger partial charge in [-0.15, -0.1) is 0 Å². The number of amides is 1. The highest BCUT2D eigenvalue weighted by molar-refractivity contribution is 5.92. The Morgan fingerprint density at radius 3 is 2.87 bits per heavy atom. The quantitative estimate of drug-likeness (QED) is 0.526. The van der Waals surface area contributed by atoms with Crippen molar-refractivity contribution in [2.45, 2.75) is 25.9 Å². The molecule has 4 heterocycles. The van der Waals surface area contributed by atoms with Crippen LogP contribution in [0.3, 0.4) is 0 Å². The summed E-state index contributed by atoms with van der Waals surface area (Å²) < 4.78 is 7.50. The Morgan fingerprint density at radius 2 is 2.07 bits per heavy atom. The number of nitrogens with zero attached hydrogens (tertiary/aromatic N) is 5. The van der Waals surface area contributed by atoms with E-state index in [0.717, 1.165) is 17.0 Å². The van der Waals surface area contributed by atoms with E-state index in [1.54, 1.807) is 13.1 Å². The van der Waals surface area contributed by atoms with Gasteiger partial charge < -0.3 is 13.9 Å². The lowest BCUT2D eigenvalue weighted by molar-refractivity contribution is 0.0689. The van der Waals surface area contributed by atoms with Crippen LogP contribution in [0.15, 0.2) is 72.0 Å². The predicted molar refractivity (Wildman–Crippen MR) is 110 cm³/mol. The SMILES string of the molecule is Cc1ncoc1C(=O)N1Cc2ccccc2[C@H](c2nccn2Cc2cccnc2)C1. The van der Waals surface area contributed by atoms with Crippen molar-refractivity contribution in [3.63, 3.8) is 0 Å². The first-order valence-corrected chi connectivity index (χ1v) is 9.88. The molecule has 5 rings (SSSR count). The molecule has 0 spiro atoms. The maximum Gasteiger partial charge on any atom is 0.291 e. The van der Waals surface area contributed by atoms with Crippen molar-refractivity contribution in [1.29, 1.82) is 0 Å². The number of carbonyl (C=O) groups excluding carboxylic acids is 1. The third-order valence-corrected chi connectivity index (χ3v) is 5.56. The van der Waals surface area contributed by atoms with Crippen molar-refractivity contribution in [2.24, 2.45) is 0 Å². The second kappa shape index (κ2) is 7.59. The summed E-state index contributed by atoms with van der Waals surface area (Å²) in [6.07, 6.45) is 8.74. The lowest BCUT2D eigenvalue weighted by atomic mass is 9.88. The van der Waals surface area contributed by atoms with Crippen molar-refractivity contribution >= 4 is 5.91 Å². The van der Waals surface area contributed by atoms with Crippen molar-refractivity contribution in [3.05, 3.63) is 102 Å². The van der Waals surface area contributed by atoms with Gasteiger partial charge in [-0.2, -0.15) is 0 Å². The number of aryl methyl sites for hydroxylation is 1. The van der Waals surface area contributed by atoms with E-state index < -0.39 is 0 Å². The molecule has 0 radical (unpaired) electrons. The van der Waals surface area contributed by atoms with Gasteiger partial charge in [-0.3, -0.25) is 9.78 Å². The molecule has 7 heteroatoms. The molecule has 1 aliphatic rings. The van der Waals surface area contributed by atoms with Crippen molar-refractivity contribution in [3.8, 4) is 0 Å². The van der Waals surface area contributed by atoms with Gasteiger partial charge in [-0.05, 0) is 29.7 Å². The third-order valence-electron chi connectivity index (χ3n) is 5.56. The zero-order chi connectivity index (χ0) is 20.5. The summed E-state index contributed by atoms with van der Waals surface area (Å²) in [6.45, 7) is 3.53. The summed E-state index contributed by atoms with van der Waals surface area (Å²) >= 11 is 0. The van der Waals surface area contributed by atoms with Crippen molar-refractivity contribution in [1.82, 2.24) is 24.4 Å². The van der Waals surface area contributed by atoms with E-state index in [4.69, 9.17) is 4.42 Å². The molecule has 3 aromatic heterocycles. The number of imidazole rings is 1. The van der Waals surface area contributed by atoms with E-state index in [2.05, 4.69) is 31.7 Å². The highest BCUT2D eigenvalue weighted by Gasteiger charge is 2.33. The number of aromatic nitrogens is 4. The molecule has 0 unspecified atom stereocenters. The molecule has 150 valence electrons. The van der Waals surface area contributed by atoms with Gasteiger partial charge in [0.25, 0.3) is 5.91 Å². The van der Waals surface area contributed by atoms with Crippen LogP contribution < -0.4 is 0 Å². The first-order valence-electron chi connectivity index (χ1n) is 9.88. The molecule has 1 amide bonds. The standard InChI is InChI=1S/C23H21N5O2/c1-16-21(30-15-26-16)23(29)28-13-18-6-2-3-7-19(18)20(14-28)22-25-9-10-27(22)12-17-5-4-8-24-11-17/h2-11,15,20H,12-14H2,1H3/t20-/m1/s1. The number of carbonyl (C=O) groups is 1. The maximum atomic E-state index is 13.1. The molecular weight excluding hydrogens is 378 g/mol. The Morgan fingerprint density at radius 1 is 1.17 bits per heavy atom. The van der Waals surface area contributed by atoms with E-state index in [0.29, 0.717) is 31.1 Å². The summed E-state index contributed by atoms with van der Waals surface area (Å²) in [7, 11) is 0. The lowest BCUT2D eigenvalue weighted by Gasteiger charge is -2.34. The number of benzene rings is 1. The molecule has 0 N–H and O–H groups in total. The molecule has 0 bridgehead atoms. The Labute approximate surface area is 174 Å². The van der Waals surface area contributed by atoms with E-state index >= 15 is 0 Å². The van der Waals surface area contributed by atoms with Crippen LogP contribution in [-0.4, -0.2) is 36.9 Å². The smallest absolute Gasteiger partial charge is 0.291 e. The number of fused-ring (bicyclic) bond motifs is 1. The molecule has 1 aromatic carbocycles. The number of oxazole rings is 1. The van der Waals surface area contributed by atoms with Crippen LogP contribution in [0.25, 0.3) is 0 Å². The average molecular weight is 399 g/mol. The van der Waals surface area contributed by atoms with Crippen LogP contribution in [0, 0.1) is 6.92 Å². The van der Waals surface area contributed by atoms with Gasteiger partial charge in [-0.1, -0.05) is 30.3 Å². The minimum absolute atomic E-state index is 0.0335. The fraction of sp³-hybridized carbons (Fsp3) is 0.217. The van der Waals surface area contributed by atoms with Gasteiger partial charge in [0.05, 0.1) is 18.2 Å². The summed E-state index contributed by atoms with van der Waals surface area (Å²) in [6, 6.07) is 12.2. The molecule has 7 nitrogen and oxygen atoms in total. The lowest BCUT2D eigenvalue weighted by Crippen LogP contribution is -2.39. The van der Waals surface area contributed by atoms with Crippen molar-refractivity contribution < 1.29 is 9.21 Å². The van der Waals surface area contributed by atoms with Gasteiger partial charge >= 0.3 is 0 Å². The molecule has 0 saturated heterocycles. The maximum absolute atomic E-state index is 13.1. The summed E-state index contributed by atoms with van der Waals surface area (Å²) in [4.78, 5) is 27.9.